The fourth-order valence-electron chi connectivity index (χ4n) is 1.45. The van der Waals surface area contributed by atoms with Crippen LogP contribution < -0.4 is 10.6 Å². The van der Waals surface area contributed by atoms with E-state index in [1.54, 1.807) is 26.2 Å². The van der Waals surface area contributed by atoms with Crippen molar-refractivity contribution in [2.24, 2.45) is 0 Å². The Hall–Kier alpha value is -1.99. The lowest BCUT2D eigenvalue weighted by atomic mass is 10.1. The monoisotopic (exact) mass is 292 g/mol. The van der Waals surface area contributed by atoms with E-state index in [9.17, 15) is 4.79 Å². The van der Waals surface area contributed by atoms with Crippen LogP contribution >= 0.6 is 11.3 Å². The third kappa shape index (κ3) is 3.75. The Kier molecular flexibility index (Phi) is 4.31. The first-order chi connectivity index (χ1) is 9.50. The number of anilines is 1. The average molecular weight is 292 g/mol. The Labute approximate surface area is 120 Å². The number of aliphatic hydroxyl groups excluding tert-OH is 1. The summed E-state index contributed by atoms with van der Waals surface area (Å²) < 4.78 is 0. The minimum Gasteiger partial charge on any atom is -0.394 e. The van der Waals surface area contributed by atoms with Crippen LogP contribution in [0, 0.1) is 0 Å². The maximum absolute atomic E-state index is 11.8. The molecule has 0 aromatic carbocycles. The first-order valence-corrected chi connectivity index (χ1v) is 6.94. The van der Waals surface area contributed by atoms with Crippen LogP contribution in [0.3, 0.4) is 0 Å². The molecule has 2 aromatic rings. The third-order valence-electron chi connectivity index (χ3n) is 2.53. The number of aromatic nitrogens is 2. The van der Waals surface area contributed by atoms with Crippen LogP contribution in [0.2, 0.25) is 0 Å². The zero-order valence-corrected chi connectivity index (χ0v) is 12.1. The number of thiazole rings is 1. The van der Waals surface area contributed by atoms with Gasteiger partial charge in [0.15, 0.2) is 5.13 Å². The van der Waals surface area contributed by atoms with E-state index >= 15 is 0 Å². The highest BCUT2D eigenvalue weighted by molar-refractivity contribution is 7.14. The van der Waals surface area contributed by atoms with Gasteiger partial charge in [-0.15, -0.1) is 11.3 Å². The van der Waals surface area contributed by atoms with E-state index in [4.69, 9.17) is 5.11 Å². The number of nitrogens with one attached hydrogen (secondary N) is 2. The van der Waals surface area contributed by atoms with Gasteiger partial charge in [0.25, 0.3) is 0 Å². The molecule has 2 aromatic heterocycles. The number of urea groups is 1. The minimum atomic E-state index is -0.673. The number of amides is 2. The van der Waals surface area contributed by atoms with Crippen LogP contribution in [0.15, 0.2) is 29.9 Å². The molecule has 106 valence electrons. The Morgan fingerprint density at radius 2 is 2.30 bits per heavy atom. The van der Waals surface area contributed by atoms with Gasteiger partial charge in [0.05, 0.1) is 17.8 Å². The Morgan fingerprint density at radius 1 is 1.50 bits per heavy atom. The van der Waals surface area contributed by atoms with Crippen LogP contribution in [0.1, 0.15) is 13.8 Å². The second-order valence-corrected chi connectivity index (χ2v) is 5.76. The fraction of sp³-hybridized carbons (Fsp3) is 0.308. The van der Waals surface area contributed by atoms with E-state index < -0.39 is 11.6 Å². The molecule has 20 heavy (non-hydrogen) atoms. The summed E-state index contributed by atoms with van der Waals surface area (Å²) in [5.41, 5.74) is 0.987. The van der Waals surface area contributed by atoms with Crippen molar-refractivity contribution in [2.45, 2.75) is 19.4 Å². The smallest absolute Gasteiger partial charge is 0.321 e. The van der Waals surface area contributed by atoms with Gasteiger partial charge in [0, 0.05) is 23.3 Å². The van der Waals surface area contributed by atoms with Crippen LogP contribution in [0.4, 0.5) is 9.93 Å². The summed E-state index contributed by atoms with van der Waals surface area (Å²) in [6.45, 7) is 3.32. The fourth-order valence-corrected chi connectivity index (χ4v) is 2.17. The molecule has 0 radical (unpaired) electrons. The number of nitrogens with zero attached hydrogens (tertiary/aromatic N) is 2. The maximum atomic E-state index is 11.8. The van der Waals surface area contributed by atoms with Crippen molar-refractivity contribution in [3.63, 3.8) is 0 Å². The summed E-state index contributed by atoms with van der Waals surface area (Å²) in [7, 11) is 0. The largest absolute Gasteiger partial charge is 0.394 e. The van der Waals surface area contributed by atoms with Gasteiger partial charge in [-0.25, -0.2) is 9.78 Å². The quantitative estimate of drug-likeness (QED) is 0.805. The molecule has 2 amide bonds. The summed E-state index contributed by atoms with van der Waals surface area (Å²) in [6, 6.07) is 3.34. The van der Waals surface area contributed by atoms with Crippen LogP contribution in [0.25, 0.3) is 11.3 Å². The van der Waals surface area contributed by atoms with E-state index in [1.807, 2.05) is 17.5 Å². The van der Waals surface area contributed by atoms with Gasteiger partial charge in [0.2, 0.25) is 0 Å². The van der Waals surface area contributed by atoms with Crippen molar-refractivity contribution >= 4 is 22.5 Å². The molecule has 0 unspecified atom stereocenters. The lowest BCUT2D eigenvalue weighted by molar-refractivity contribution is 0.187. The van der Waals surface area contributed by atoms with Gasteiger partial charge in [-0.05, 0) is 26.0 Å². The number of carbonyl (C=O) groups is 1. The molecule has 0 aliphatic carbocycles. The molecule has 0 atom stereocenters. The van der Waals surface area contributed by atoms with Crippen molar-refractivity contribution in [2.75, 3.05) is 11.9 Å². The molecule has 0 aliphatic rings. The Balaban J connectivity index is 2.02. The van der Waals surface area contributed by atoms with Gasteiger partial charge < -0.3 is 10.4 Å². The Bertz CT molecular complexity index is 583. The summed E-state index contributed by atoms with van der Waals surface area (Å²) in [4.78, 5) is 20.1. The van der Waals surface area contributed by atoms with Crippen molar-refractivity contribution in [3.8, 4) is 11.3 Å². The van der Waals surface area contributed by atoms with E-state index in [0.29, 0.717) is 5.13 Å². The zero-order chi connectivity index (χ0) is 14.6. The van der Waals surface area contributed by atoms with E-state index in [1.165, 1.54) is 11.3 Å². The van der Waals surface area contributed by atoms with Crippen molar-refractivity contribution in [1.29, 1.82) is 0 Å². The lowest BCUT2D eigenvalue weighted by Gasteiger charge is -2.23. The highest BCUT2D eigenvalue weighted by Gasteiger charge is 2.19. The predicted octanol–water partition coefficient (Wildman–Crippen LogP) is 2.10. The molecule has 0 fully saturated rings. The molecule has 0 saturated carbocycles. The summed E-state index contributed by atoms with van der Waals surface area (Å²) in [5, 5.41) is 16.8. The first kappa shape index (κ1) is 14.4. The highest BCUT2D eigenvalue weighted by Crippen LogP contribution is 2.23. The normalized spacial score (nSPS) is 11.2. The van der Waals surface area contributed by atoms with Crippen molar-refractivity contribution in [1.82, 2.24) is 15.3 Å². The van der Waals surface area contributed by atoms with Crippen molar-refractivity contribution in [3.05, 3.63) is 29.9 Å². The molecule has 7 heteroatoms. The van der Waals surface area contributed by atoms with Gasteiger partial charge in [0.1, 0.15) is 0 Å². The SMILES string of the molecule is CC(C)(CO)NC(=O)Nc1nc(-c2cccnc2)cs1. The molecule has 2 rings (SSSR count). The molecule has 0 spiro atoms. The van der Waals surface area contributed by atoms with Gasteiger partial charge >= 0.3 is 6.03 Å². The summed E-state index contributed by atoms with van der Waals surface area (Å²) in [5.74, 6) is 0. The van der Waals surface area contributed by atoms with E-state index in [-0.39, 0.29) is 6.61 Å². The van der Waals surface area contributed by atoms with Gasteiger partial charge in [-0.1, -0.05) is 0 Å². The summed E-state index contributed by atoms with van der Waals surface area (Å²) >= 11 is 1.33. The average Bonchev–Trinajstić information content (AvgIpc) is 2.87. The first-order valence-electron chi connectivity index (χ1n) is 6.06. The zero-order valence-electron chi connectivity index (χ0n) is 11.3. The molecule has 2 heterocycles. The molecular weight excluding hydrogens is 276 g/mol. The predicted molar refractivity (Wildman–Crippen MR) is 78.7 cm³/mol. The number of pyridine rings is 1. The second kappa shape index (κ2) is 5.98. The number of hydrogen-bond donors (Lipinski definition) is 3. The number of aliphatic hydroxyl groups is 1. The molecular formula is C13H16N4O2S. The molecule has 3 N–H and O–H groups in total. The summed E-state index contributed by atoms with van der Waals surface area (Å²) in [6.07, 6.45) is 3.41. The Morgan fingerprint density at radius 3 is 2.95 bits per heavy atom. The third-order valence-corrected chi connectivity index (χ3v) is 3.29. The maximum Gasteiger partial charge on any atom is 0.321 e. The van der Waals surface area contributed by atoms with Crippen LogP contribution in [-0.2, 0) is 0 Å². The lowest BCUT2D eigenvalue weighted by Crippen LogP contribution is -2.48. The van der Waals surface area contributed by atoms with Gasteiger partial charge in [-0.2, -0.15) is 0 Å². The number of rotatable bonds is 4. The molecule has 6 nitrogen and oxygen atoms in total. The van der Waals surface area contributed by atoms with Crippen molar-refractivity contribution < 1.29 is 9.90 Å². The standard InChI is InChI=1S/C13H16N4O2S/c1-13(2,8-18)17-11(19)16-12-15-10(7-20-12)9-4-3-5-14-6-9/h3-7,18H,8H2,1-2H3,(H2,15,16,17,19). The minimum absolute atomic E-state index is 0.140. The molecule has 0 saturated heterocycles. The number of hydrogen-bond acceptors (Lipinski definition) is 5. The molecule has 0 aliphatic heterocycles. The van der Waals surface area contributed by atoms with Crippen LogP contribution in [0.5, 0.6) is 0 Å². The number of carbonyl (C=O) groups excluding carboxylic acids is 1. The highest BCUT2D eigenvalue weighted by atomic mass is 32.1. The van der Waals surface area contributed by atoms with E-state index in [0.717, 1.165) is 11.3 Å². The second-order valence-electron chi connectivity index (χ2n) is 4.90. The van der Waals surface area contributed by atoms with E-state index in [2.05, 4.69) is 20.6 Å². The van der Waals surface area contributed by atoms with Crippen LogP contribution in [-0.4, -0.2) is 33.3 Å². The van der Waals surface area contributed by atoms with Gasteiger partial charge in [-0.3, -0.25) is 10.3 Å². The molecule has 0 bridgehead atoms. The topological polar surface area (TPSA) is 87.1 Å².